The first kappa shape index (κ1) is 22.3. The lowest BCUT2D eigenvalue weighted by Crippen LogP contribution is -2.40. The zero-order valence-corrected chi connectivity index (χ0v) is 17.7. The summed E-state index contributed by atoms with van der Waals surface area (Å²) in [5.74, 6) is -0.394. The van der Waals surface area contributed by atoms with Gasteiger partial charge in [-0.2, -0.15) is 0 Å². The smallest absolute Gasteiger partial charge is 0.240 e. The summed E-state index contributed by atoms with van der Waals surface area (Å²) in [6, 6.07) is 4.42. The molecule has 9 heteroatoms. The van der Waals surface area contributed by atoms with Crippen LogP contribution in [0, 0.1) is 0 Å². The summed E-state index contributed by atoms with van der Waals surface area (Å²) >= 11 is 11.9. The molecule has 0 saturated heterocycles. The number of ether oxygens (including phenoxy) is 1. The average molecular weight is 437 g/mol. The fourth-order valence-electron chi connectivity index (χ4n) is 3.05. The molecule has 0 aliphatic heterocycles. The van der Waals surface area contributed by atoms with Crippen LogP contribution < -0.4 is 9.62 Å². The van der Waals surface area contributed by atoms with Crippen molar-refractivity contribution in [3.63, 3.8) is 0 Å². The van der Waals surface area contributed by atoms with Crippen molar-refractivity contribution in [2.45, 2.75) is 44.6 Å². The van der Waals surface area contributed by atoms with Gasteiger partial charge in [-0.3, -0.25) is 9.10 Å². The van der Waals surface area contributed by atoms with Gasteiger partial charge < -0.3 is 10.1 Å². The minimum atomic E-state index is -3.67. The number of carbonyl (C=O) groups is 1. The third-order valence-electron chi connectivity index (χ3n) is 4.37. The summed E-state index contributed by atoms with van der Waals surface area (Å²) in [6.45, 7) is 0.684. The Morgan fingerprint density at radius 2 is 1.81 bits per heavy atom. The lowest BCUT2D eigenvalue weighted by atomic mass is 9.98. The number of halogens is 2. The maximum absolute atomic E-state index is 12.2. The lowest BCUT2D eigenvalue weighted by Gasteiger charge is -2.23. The number of rotatable bonds is 9. The van der Waals surface area contributed by atoms with Crippen LogP contribution >= 0.6 is 23.2 Å². The molecule has 1 saturated carbocycles. The number of nitrogens with zero attached hydrogens (tertiary/aromatic N) is 1. The Morgan fingerprint density at radius 1 is 1.19 bits per heavy atom. The molecule has 1 aliphatic carbocycles. The van der Waals surface area contributed by atoms with Gasteiger partial charge in [0.1, 0.15) is 6.54 Å². The van der Waals surface area contributed by atoms with Crippen molar-refractivity contribution in [1.29, 1.82) is 0 Å². The van der Waals surface area contributed by atoms with Crippen molar-refractivity contribution in [1.82, 2.24) is 5.32 Å². The van der Waals surface area contributed by atoms with Gasteiger partial charge in [0, 0.05) is 23.2 Å². The molecule has 0 radical (unpaired) electrons. The van der Waals surface area contributed by atoms with E-state index < -0.39 is 15.9 Å². The zero-order chi connectivity index (χ0) is 19.9. The summed E-state index contributed by atoms with van der Waals surface area (Å²) in [5, 5.41) is 3.33. The number of hydrogen-bond acceptors (Lipinski definition) is 4. The second-order valence-electron chi connectivity index (χ2n) is 6.73. The highest BCUT2D eigenvalue weighted by atomic mass is 35.5. The lowest BCUT2D eigenvalue weighted by molar-refractivity contribution is -0.119. The standard InChI is InChI=1S/C18H26Cl2N2O4S/c1-27(24,25)22(16-11-14(19)10-15(20)12-16)13-18(23)21-8-5-9-26-17-6-3-2-4-7-17/h10-12,17H,2-9,13H2,1H3,(H,21,23). The van der Waals surface area contributed by atoms with Crippen LogP contribution in [0.4, 0.5) is 5.69 Å². The third-order valence-corrected chi connectivity index (χ3v) is 5.95. The van der Waals surface area contributed by atoms with E-state index in [1.807, 2.05) is 0 Å². The molecule has 0 aromatic heterocycles. The fraction of sp³-hybridized carbons (Fsp3) is 0.611. The van der Waals surface area contributed by atoms with Gasteiger partial charge in [-0.1, -0.05) is 42.5 Å². The van der Waals surface area contributed by atoms with Crippen LogP contribution in [0.1, 0.15) is 38.5 Å². The Morgan fingerprint density at radius 3 is 2.41 bits per heavy atom. The van der Waals surface area contributed by atoms with E-state index in [9.17, 15) is 13.2 Å². The minimum Gasteiger partial charge on any atom is -0.378 e. The molecule has 152 valence electrons. The van der Waals surface area contributed by atoms with Gasteiger partial charge in [-0.15, -0.1) is 0 Å². The highest BCUT2D eigenvalue weighted by Crippen LogP contribution is 2.26. The van der Waals surface area contributed by atoms with Crippen LogP contribution in [0.2, 0.25) is 10.0 Å². The summed E-state index contributed by atoms with van der Waals surface area (Å²) in [4.78, 5) is 12.2. The molecule has 1 fully saturated rings. The fourth-order valence-corrected chi connectivity index (χ4v) is 4.41. The predicted molar refractivity (Wildman–Crippen MR) is 109 cm³/mol. The van der Waals surface area contributed by atoms with Crippen LogP contribution in [0.15, 0.2) is 18.2 Å². The van der Waals surface area contributed by atoms with E-state index in [1.54, 1.807) is 0 Å². The van der Waals surface area contributed by atoms with Crippen LogP contribution in [-0.4, -0.2) is 46.4 Å². The van der Waals surface area contributed by atoms with Crippen molar-refractivity contribution in [3.05, 3.63) is 28.2 Å². The van der Waals surface area contributed by atoms with Crippen molar-refractivity contribution in [2.24, 2.45) is 0 Å². The normalized spacial score (nSPS) is 15.5. The molecule has 27 heavy (non-hydrogen) atoms. The highest BCUT2D eigenvalue weighted by Gasteiger charge is 2.21. The first-order valence-electron chi connectivity index (χ1n) is 9.08. The maximum Gasteiger partial charge on any atom is 0.240 e. The molecule has 0 bridgehead atoms. The zero-order valence-electron chi connectivity index (χ0n) is 15.4. The number of carbonyl (C=O) groups excluding carboxylic acids is 1. The molecular weight excluding hydrogens is 411 g/mol. The second kappa shape index (κ2) is 10.5. The number of sulfonamides is 1. The number of benzene rings is 1. The predicted octanol–water partition coefficient (Wildman–Crippen LogP) is 3.62. The summed E-state index contributed by atoms with van der Waals surface area (Å²) in [7, 11) is -3.67. The Bertz CT molecular complexity index is 717. The van der Waals surface area contributed by atoms with Gasteiger partial charge in [0.05, 0.1) is 18.0 Å². The molecule has 1 aromatic carbocycles. The van der Waals surface area contributed by atoms with Crippen LogP contribution in [-0.2, 0) is 19.6 Å². The van der Waals surface area contributed by atoms with E-state index >= 15 is 0 Å². The number of nitrogens with one attached hydrogen (secondary N) is 1. The largest absolute Gasteiger partial charge is 0.378 e. The number of amides is 1. The molecule has 0 atom stereocenters. The second-order valence-corrected chi connectivity index (χ2v) is 9.51. The molecule has 1 amide bonds. The van der Waals surface area contributed by atoms with Crippen molar-refractivity contribution >= 4 is 44.8 Å². The molecule has 1 N–H and O–H groups in total. The minimum absolute atomic E-state index is 0.255. The summed E-state index contributed by atoms with van der Waals surface area (Å²) in [5.41, 5.74) is 0.255. The SMILES string of the molecule is CS(=O)(=O)N(CC(=O)NCCCOC1CCCCC1)c1cc(Cl)cc(Cl)c1. The number of hydrogen-bond donors (Lipinski definition) is 1. The third kappa shape index (κ3) is 7.86. The van der Waals surface area contributed by atoms with Gasteiger partial charge in [0.15, 0.2) is 0 Å². The summed E-state index contributed by atoms with van der Waals surface area (Å²) < 4.78 is 31.0. The van der Waals surface area contributed by atoms with E-state index in [0.717, 1.165) is 23.4 Å². The van der Waals surface area contributed by atoms with Crippen LogP contribution in [0.25, 0.3) is 0 Å². The Balaban J connectivity index is 1.81. The first-order chi connectivity index (χ1) is 12.8. The quantitative estimate of drug-likeness (QED) is 0.599. The molecule has 0 spiro atoms. The van der Waals surface area contributed by atoms with Gasteiger partial charge in [0.25, 0.3) is 0 Å². The molecule has 1 aliphatic rings. The van der Waals surface area contributed by atoms with Gasteiger partial charge >= 0.3 is 0 Å². The molecule has 1 aromatic rings. The number of anilines is 1. The van der Waals surface area contributed by atoms with Crippen molar-refractivity contribution in [3.8, 4) is 0 Å². The van der Waals surface area contributed by atoms with E-state index in [-0.39, 0.29) is 12.2 Å². The Kier molecular flexibility index (Phi) is 8.66. The van der Waals surface area contributed by atoms with Crippen LogP contribution in [0.5, 0.6) is 0 Å². The monoisotopic (exact) mass is 436 g/mol. The van der Waals surface area contributed by atoms with Crippen LogP contribution in [0.3, 0.4) is 0 Å². The van der Waals surface area contributed by atoms with E-state index in [0.29, 0.717) is 35.7 Å². The highest BCUT2D eigenvalue weighted by molar-refractivity contribution is 7.92. The first-order valence-corrected chi connectivity index (χ1v) is 11.7. The molecular formula is C18H26Cl2N2O4S. The topological polar surface area (TPSA) is 75.7 Å². The van der Waals surface area contributed by atoms with E-state index in [4.69, 9.17) is 27.9 Å². The summed E-state index contributed by atoms with van der Waals surface area (Å²) in [6.07, 6.45) is 7.99. The van der Waals surface area contributed by atoms with E-state index in [2.05, 4.69) is 5.32 Å². The van der Waals surface area contributed by atoms with Gasteiger partial charge in [0.2, 0.25) is 15.9 Å². The van der Waals surface area contributed by atoms with Gasteiger partial charge in [-0.05, 0) is 37.5 Å². The van der Waals surface area contributed by atoms with E-state index in [1.165, 1.54) is 37.5 Å². The average Bonchev–Trinajstić information content (AvgIpc) is 2.58. The van der Waals surface area contributed by atoms with Crippen molar-refractivity contribution in [2.75, 3.05) is 30.3 Å². The van der Waals surface area contributed by atoms with Crippen molar-refractivity contribution < 1.29 is 17.9 Å². The Hall–Kier alpha value is -1.02. The molecule has 6 nitrogen and oxygen atoms in total. The van der Waals surface area contributed by atoms with Gasteiger partial charge in [-0.25, -0.2) is 8.42 Å². The Labute approximate surface area is 171 Å². The molecule has 0 heterocycles. The maximum atomic E-state index is 12.2. The molecule has 2 rings (SSSR count). The molecule has 0 unspecified atom stereocenters.